The van der Waals surface area contributed by atoms with Gasteiger partial charge in [-0.05, 0) is 19.4 Å². The summed E-state index contributed by atoms with van der Waals surface area (Å²) in [5.74, 6) is -0.664. The molecule has 0 radical (unpaired) electrons. The number of hydrogen-bond donors (Lipinski definition) is 2. The maximum atomic E-state index is 10.3. The highest BCUT2D eigenvalue weighted by molar-refractivity contribution is 5.66. The number of carboxylic acid groups (broad SMARTS) is 1. The van der Waals surface area contributed by atoms with Gasteiger partial charge in [0.05, 0.1) is 0 Å². The van der Waals surface area contributed by atoms with Gasteiger partial charge in [0.2, 0.25) is 0 Å². The normalized spacial score (nSPS) is 10.6. The zero-order valence-corrected chi connectivity index (χ0v) is 11.1. The lowest BCUT2D eigenvalue weighted by Gasteiger charge is -2.02. The van der Waals surface area contributed by atoms with Crippen LogP contribution in [0.5, 0.6) is 0 Å². The summed E-state index contributed by atoms with van der Waals surface area (Å²) in [6.07, 6.45) is 13.8. The molecule has 0 bridgehead atoms. The van der Waals surface area contributed by atoms with Crippen LogP contribution in [0.15, 0.2) is 0 Å². The summed E-state index contributed by atoms with van der Waals surface area (Å²) in [6.45, 7) is 0.830. The van der Waals surface area contributed by atoms with Gasteiger partial charge in [0.15, 0.2) is 0 Å². The molecule has 0 aromatic heterocycles. The first-order chi connectivity index (χ1) is 8.27. The number of carbonyl (C=O) groups is 1. The molecule has 0 aromatic carbocycles. The quantitative estimate of drug-likeness (QED) is 0.485. The van der Waals surface area contributed by atoms with E-state index in [9.17, 15) is 4.79 Å². The molecule has 3 heteroatoms. The van der Waals surface area contributed by atoms with Crippen LogP contribution in [-0.2, 0) is 4.79 Å². The molecular formula is C14H29NO2. The Morgan fingerprint density at radius 2 is 1.06 bits per heavy atom. The molecule has 0 spiro atoms. The summed E-state index contributed by atoms with van der Waals surface area (Å²) >= 11 is 0. The number of nitrogens with two attached hydrogens (primary N) is 1. The number of aliphatic carboxylic acids is 1. The van der Waals surface area contributed by atoms with Gasteiger partial charge in [-0.2, -0.15) is 0 Å². The zero-order chi connectivity index (χ0) is 12.8. The molecule has 0 aliphatic rings. The summed E-state index contributed by atoms with van der Waals surface area (Å²) in [4.78, 5) is 10.3. The van der Waals surface area contributed by atoms with Gasteiger partial charge in [0.1, 0.15) is 0 Å². The van der Waals surface area contributed by atoms with Crippen molar-refractivity contribution >= 4 is 5.97 Å². The van der Waals surface area contributed by atoms with Crippen molar-refractivity contribution in [1.29, 1.82) is 0 Å². The van der Waals surface area contributed by atoms with E-state index in [-0.39, 0.29) is 0 Å². The second-order valence-corrected chi connectivity index (χ2v) is 4.82. The molecule has 0 fully saturated rings. The molecule has 102 valence electrons. The van der Waals surface area contributed by atoms with Crippen LogP contribution in [0.3, 0.4) is 0 Å². The van der Waals surface area contributed by atoms with Crippen LogP contribution in [-0.4, -0.2) is 17.6 Å². The highest BCUT2D eigenvalue weighted by Crippen LogP contribution is 2.11. The summed E-state index contributed by atoms with van der Waals surface area (Å²) in [5.41, 5.74) is 5.43. The van der Waals surface area contributed by atoms with Crippen LogP contribution < -0.4 is 5.73 Å². The minimum absolute atomic E-state index is 0.334. The first-order valence-electron chi connectivity index (χ1n) is 7.19. The summed E-state index contributed by atoms with van der Waals surface area (Å²) in [6, 6.07) is 0. The molecule has 0 amide bonds. The molecular weight excluding hydrogens is 214 g/mol. The Balaban J connectivity index is 2.91. The smallest absolute Gasteiger partial charge is 0.303 e. The molecule has 0 saturated heterocycles. The summed E-state index contributed by atoms with van der Waals surface area (Å²) in [7, 11) is 0. The van der Waals surface area contributed by atoms with Gasteiger partial charge in [-0.3, -0.25) is 4.79 Å². The van der Waals surface area contributed by atoms with Crippen LogP contribution in [0.4, 0.5) is 0 Å². The first kappa shape index (κ1) is 16.4. The van der Waals surface area contributed by atoms with Crippen molar-refractivity contribution < 1.29 is 9.90 Å². The minimum Gasteiger partial charge on any atom is -0.481 e. The third kappa shape index (κ3) is 15.4. The molecule has 0 aromatic rings. The van der Waals surface area contributed by atoms with Crippen LogP contribution in [0.2, 0.25) is 0 Å². The Kier molecular flexibility index (Phi) is 13.0. The molecule has 0 aliphatic carbocycles. The lowest BCUT2D eigenvalue weighted by Crippen LogP contribution is -1.97. The zero-order valence-electron chi connectivity index (χ0n) is 11.1. The van der Waals surface area contributed by atoms with Gasteiger partial charge in [0.25, 0.3) is 0 Å². The van der Waals surface area contributed by atoms with Crippen LogP contribution in [0.1, 0.15) is 77.0 Å². The van der Waals surface area contributed by atoms with E-state index in [1.807, 2.05) is 0 Å². The molecule has 0 rings (SSSR count). The summed E-state index contributed by atoms with van der Waals surface area (Å²) < 4.78 is 0. The van der Waals surface area contributed by atoms with Gasteiger partial charge in [-0.1, -0.05) is 57.8 Å². The van der Waals surface area contributed by atoms with E-state index >= 15 is 0 Å². The number of carboxylic acids is 1. The van der Waals surface area contributed by atoms with Gasteiger partial charge < -0.3 is 10.8 Å². The van der Waals surface area contributed by atoms with E-state index < -0.39 is 5.97 Å². The van der Waals surface area contributed by atoms with E-state index in [0.717, 1.165) is 19.4 Å². The Morgan fingerprint density at radius 1 is 0.706 bits per heavy atom. The van der Waals surface area contributed by atoms with E-state index in [1.165, 1.54) is 57.8 Å². The monoisotopic (exact) mass is 243 g/mol. The van der Waals surface area contributed by atoms with Crippen molar-refractivity contribution in [3.05, 3.63) is 0 Å². The molecule has 0 saturated carbocycles. The summed E-state index contributed by atoms with van der Waals surface area (Å²) in [5, 5.41) is 8.47. The molecule has 3 nitrogen and oxygen atoms in total. The van der Waals surface area contributed by atoms with Crippen molar-refractivity contribution in [3.63, 3.8) is 0 Å². The van der Waals surface area contributed by atoms with Crippen molar-refractivity contribution in [2.75, 3.05) is 6.54 Å². The third-order valence-corrected chi connectivity index (χ3v) is 3.09. The average Bonchev–Trinajstić information content (AvgIpc) is 2.30. The minimum atomic E-state index is -0.664. The van der Waals surface area contributed by atoms with Crippen molar-refractivity contribution in [2.24, 2.45) is 5.73 Å². The van der Waals surface area contributed by atoms with Gasteiger partial charge in [-0.15, -0.1) is 0 Å². The molecule has 0 atom stereocenters. The van der Waals surface area contributed by atoms with Crippen molar-refractivity contribution in [3.8, 4) is 0 Å². The van der Waals surface area contributed by atoms with Crippen LogP contribution >= 0.6 is 0 Å². The van der Waals surface area contributed by atoms with Crippen molar-refractivity contribution in [1.82, 2.24) is 0 Å². The molecule has 17 heavy (non-hydrogen) atoms. The Bertz CT molecular complexity index is 172. The number of hydrogen-bond acceptors (Lipinski definition) is 2. The first-order valence-corrected chi connectivity index (χ1v) is 7.19. The van der Waals surface area contributed by atoms with E-state index in [2.05, 4.69) is 0 Å². The molecule has 0 unspecified atom stereocenters. The predicted molar refractivity (Wildman–Crippen MR) is 72.1 cm³/mol. The maximum absolute atomic E-state index is 10.3. The van der Waals surface area contributed by atoms with Crippen LogP contribution in [0.25, 0.3) is 0 Å². The number of unbranched alkanes of at least 4 members (excludes halogenated alkanes) is 10. The molecule has 0 heterocycles. The Hall–Kier alpha value is -0.570. The number of rotatable bonds is 13. The second-order valence-electron chi connectivity index (χ2n) is 4.82. The predicted octanol–water partition coefficient (Wildman–Crippen LogP) is 3.71. The second kappa shape index (κ2) is 13.5. The molecule has 3 N–H and O–H groups in total. The van der Waals surface area contributed by atoms with Gasteiger partial charge in [0, 0.05) is 6.42 Å². The van der Waals surface area contributed by atoms with Gasteiger partial charge in [-0.25, -0.2) is 0 Å². The van der Waals surface area contributed by atoms with Crippen molar-refractivity contribution in [2.45, 2.75) is 77.0 Å². The molecule has 0 aliphatic heterocycles. The van der Waals surface area contributed by atoms with Crippen LogP contribution in [0, 0.1) is 0 Å². The van der Waals surface area contributed by atoms with Gasteiger partial charge >= 0.3 is 5.97 Å². The fraction of sp³-hybridized carbons (Fsp3) is 0.929. The largest absolute Gasteiger partial charge is 0.481 e. The maximum Gasteiger partial charge on any atom is 0.303 e. The Morgan fingerprint density at radius 3 is 1.41 bits per heavy atom. The highest BCUT2D eigenvalue weighted by atomic mass is 16.4. The fourth-order valence-corrected chi connectivity index (χ4v) is 2.01. The van der Waals surface area contributed by atoms with E-state index in [4.69, 9.17) is 10.8 Å². The topological polar surface area (TPSA) is 63.3 Å². The third-order valence-electron chi connectivity index (χ3n) is 3.09. The lowest BCUT2D eigenvalue weighted by molar-refractivity contribution is -0.137. The SMILES string of the molecule is NCCCCCCCCCCCCCC(=O)O. The highest BCUT2D eigenvalue weighted by Gasteiger charge is 1.96. The lowest BCUT2D eigenvalue weighted by atomic mass is 10.1. The standard InChI is InChI=1S/C14H29NO2/c15-13-11-9-7-5-3-1-2-4-6-8-10-12-14(16)17/h1-13,15H2,(H,16,17). The van der Waals surface area contributed by atoms with E-state index in [0.29, 0.717) is 6.42 Å². The van der Waals surface area contributed by atoms with E-state index in [1.54, 1.807) is 0 Å². The fourth-order valence-electron chi connectivity index (χ4n) is 2.01. The Labute approximate surface area is 106 Å². The average molecular weight is 243 g/mol.